The Morgan fingerprint density at radius 3 is 2.52 bits per heavy atom. The second-order valence-electron chi connectivity index (χ2n) is 6.60. The predicted molar refractivity (Wildman–Crippen MR) is 118 cm³/mol. The number of nitrogens with one attached hydrogen (secondary N) is 2. The standard InChI is InChI=1S/C22H20BrF2N3O3/c1-13(29)26-8-9-27-21-11-15(14-2-5-17(6-3-14)31-22(24)25)10-19(28-21)18-12-16(23)4-7-20(18)30/h2-7,10-12,22,30H,8-9H2,1H3,(H,26,29)(H,27,28). The Morgan fingerprint density at radius 2 is 1.84 bits per heavy atom. The van der Waals surface area contributed by atoms with Gasteiger partial charge in [0.15, 0.2) is 0 Å². The van der Waals surface area contributed by atoms with Gasteiger partial charge >= 0.3 is 6.61 Å². The molecule has 0 bridgehead atoms. The third kappa shape index (κ3) is 6.39. The average molecular weight is 492 g/mol. The van der Waals surface area contributed by atoms with E-state index in [1.54, 1.807) is 42.5 Å². The van der Waals surface area contributed by atoms with Crippen LogP contribution in [0, 0.1) is 0 Å². The van der Waals surface area contributed by atoms with E-state index in [9.17, 15) is 18.7 Å². The smallest absolute Gasteiger partial charge is 0.387 e. The van der Waals surface area contributed by atoms with Gasteiger partial charge in [0.1, 0.15) is 17.3 Å². The average Bonchev–Trinajstić information content (AvgIpc) is 2.73. The van der Waals surface area contributed by atoms with Crippen LogP contribution >= 0.6 is 15.9 Å². The lowest BCUT2D eigenvalue weighted by atomic mass is 10.0. The minimum absolute atomic E-state index is 0.0614. The van der Waals surface area contributed by atoms with Gasteiger partial charge in [-0.25, -0.2) is 4.98 Å². The molecule has 0 aliphatic carbocycles. The van der Waals surface area contributed by atoms with Gasteiger partial charge in [-0.05, 0) is 53.6 Å². The van der Waals surface area contributed by atoms with E-state index >= 15 is 0 Å². The number of hydrogen-bond acceptors (Lipinski definition) is 5. The van der Waals surface area contributed by atoms with Gasteiger partial charge < -0.3 is 20.5 Å². The molecule has 0 saturated carbocycles. The monoisotopic (exact) mass is 491 g/mol. The molecule has 1 amide bonds. The lowest BCUT2D eigenvalue weighted by molar-refractivity contribution is -0.118. The number of phenols is 1. The number of ether oxygens (including phenoxy) is 1. The highest BCUT2D eigenvalue weighted by Gasteiger charge is 2.12. The van der Waals surface area contributed by atoms with E-state index in [1.807, 2.05) is 0 Å². The summed E-state index contributed by atoms with van der Waals surface area (Å²) in [7, 11) is 0. The Hall–Kier alpha value is -3.20. The van der Waals surface area contributed by atoms with E-state index in [0.717, 1.165) is 15.6 Å². The van der Waals surface area contributed by atoms with Gasteiger partial charge in [-0.1, -0.05) is 28.1 Å². The number of amides is 1. The molecule has 0 unspecified atom stereocenters. The lowest BCUT2D eigenvalue weighted by Gasteiger charge is -2.13. The molecular formula is C22H20BrF2N3O3. The Labute approximate surface area is 186 Å². The molecule has 1 heterocycles. The number of carbonyl (C=O) groups excluding carboxylic acids is 1. The fraction of sp³-hybridized carbons (Fsp3) is 0.182. The summed E-state index contributed by atoms with van der Waals surface area (Å²) in [6.45, 7) is -0.592. The molecule has 1 aromatic heterocycles. The van der Waals surface area contributed by atoms with Crippen molar-refractivity contribution in [1.82, 2.24) is 10.3 Å². The van der Waals surface area contributed by atoms with Gasteiger partial charge in [0, 0.05) is 30.0 Å². The van der Waals surface area contributed by atoms with Gasteiger partial charge in [-0.2, -0.15) is 8.78 Å². The number of phenolic OH excluding ortho intramolecular Hbond substituents is 1. The molecular weight excluding hydrogens is 472 g/mol. The molecule has 9 heteroatoms. The molecule has 3 rings (SSSR count). The molecule has 6 nitrogen and oxygen atoms in total. The second kappa shape index (κ2) is 10.2. The minimum atomic E-state index is -2.89. The van der Waals surface area contributed by atoms with E-state index in [0.29, 0.717) is 30.2 Å². The molecule has 0 radical (unpaired) electrons. The zero-order valence-corrected chi connectivity index (χ0v) is 18.1. The normalized spacial score (nSPS) is 10.7. The van der Waals surface area contributed by atoms with Crippen molar-refractivity contribution < 1.29 is 23.4 Å². The molecule has 3 N–H and O–H groups in total. The van der Waals surface area contributed by atoms with Crippen molar-refractivity contribution in [3.8, 4) is 33.9 Å². The van der Waals surface area contributed by atoms with Crippen LogP contribution in [-0.2, 0) is 4.79 Å². The zero-order chi connectivity index (χ0) is 22.4. The molecule has 0 atom stereocenters. The van der Waals surface area contributed by atoms with Gasteiger partial charge in [0.05, 0.1) is 5.69 Å². The number of nitrogens with zero attached hydrogens (tertiary/aromatic N) is 1. The summed E-state index contributed by atoms with van der Waals surface area (Å²) in [5.41, 5.74) is 2.56. The van der Waals surface area contributed by atoms with E-state index in [-0.39, 0.29) is 17.4 Å². The van der Waals surface area contributed by atoms with Crippen molar-refractivity contribution in [2.75, 3.05) is 18.4 Å². The highest BCUT2D eigenvalue weighted by atomic mass is 79.9. The van der Waals surface area contributed by atoms with Crippen LogP contribution in [0.25, 0.3) is 22.4 Å². The van der Waals surface area contributed by atoms with Gasteiger partial charge in [-0.3, -0.25) is 4.79 Å². The van der Waals surface area contributed by atoms with Crippen LogP contribution in [0.15, 0.2) is 59.1 Å². The highest BCUT2D eigenvalue weighted by Crippen LogP contribution is 2.34. The van der Waals surface area contributed by atoms with Gasteiger partial charge in [0.2, 0.25) is 5.91 Å². The van der Waals surface area contributed by atoms with Gasteiger partial charge in [-0.15, -0.1) is 0 Å². The van der Waals surface area contributed by atoms with Crippen LogP contribution in [0.4, 0.5) is 14.6 Å². The Morgan fingerprint density at radius 1 is 1.10 bits per heavy atom. The fourth-order valence-corrected chi connectivity index (χ4v) is 3.26. The van der Waals surface area contributed by atoms with Crippen LogP contribution in [-0.4, -0.2) is 35.7 Å². The van der Waals surface area contributed by atoms with E-state index in [2.05, 4.69) is 36.3 Å². The van der Waals surface area contributed by atoms with Crippen LogP contribution in [0.3, 0.4) is 0 Å². The van der Waals surface area contributed by atoms with E-state index in [1.165, 1.54) is 19.1 Å². The first kappa shape index (κ1) is 22.5. The van der Waals surface area contributed by atoms with Crippen molar-refractivity contribution in [1.29, 1.82) is 0 Å². The first-order chi connectivity index (χ1) is 14.8. The maximum absolute atomic E-state index is 12.4. The first-order valence-corrected chi connectivity index (χ1v) is 10.2. The summed E-state index contributed by atoms with van der Waals surface area (Å²) in [5, 5.41) is 16.2. The molecule has 31 heavy (non-hydrogen) atoms. The zero-order valence-electron chi connectivity index (χ0n) is 16.5. The van der Waals surface area contributed by atoms with Crippen LogP contribution in [0.2, 0.25) is 0 Å². The Kier molecular flexibility index (Phi) is 7.41. The molecule has 0 spiro atoms. The number of alkyl halides is 2. The van der Waals surface area contributed by atoms with Crippen molar-refractivity contribution >= 4 is 27.7 Å². The van der Waals surface area contributed by atoms with Crippen molar-refractivity contribution in [3.63, 3.8) is 0 Å². The number of anilines is 1. The third-order valence-corrected chi connectivity index (χ3v) is 4.77. The SMILES string of the molecule is CC(=O)NCCNc1cc(-c2ccc(OC(F)F)cc2)cc(-c2cc(Br)ccc2O)n1. The van der Waals surface area contributed by atoms with Crippen LogP contribution < -0.4 is 15.4 Å². The first-order valence-electron chi connectivity index (χ1n) is 9.36. The number of aromatic hydroxyl groups is 1. The summed E-state index contributed by atoms with van der Waals surface area (Å²) >= 11 is 3.40. The molecule has 3 aromatic rings. The van der Waals surface area contributed by atoms with E-state index in [4.69, 9.17) is 0 Å². The minimum Gasteiger partial charge on any atom is -0.507 e. The number of aromatic nitrogens is 1. The second-order valence-corrected chi connectivity index (χ2v) is 7.52. The summed E-state index contributed by atoms with van der Waals surface area (Å²) in [6.07, 6.45) is 0. The number of rotatable bonds is 8. The number of benzene rings is 2. The van der Waals surface area contributed by atoms with Crippen molar-refractivity contribution in [2.24, 2.45) is 0 Å². The number of carbonyl (C=O) groups is 1. The molecule has 0 aliphatic heterocycles. The summed E-state index contributed by atoms with van der Waals surface area (Å²) in [4.78, 5) is 15.6. The molecule has 0 fully saturated rings. The number of hydrogen-bond donors (Lipinski definition) is 3. The number of pyridine rings is 1. The highest BCUT2D eigenvalue weighted by molar-refractivity contribution is 9.10. The Bertz CT molecular complexity index is 1060. The largest absolute Gasteiger partial charge is 0.507 e. The maximum atomic E-state index is 12.4. The quantitative estimate of drug-likeness (QED) is 0.384. The van der Waals surface area contributed by atoms with Crippen molar-refractivity contribution in [2.45, 2.75) is 13.5 Å². The molecule has 0 saturated heterocycles. The lowest BCUT2D eigenvalue weighted by Crippen LogP contribution is -2.26. The third-order valence-electron chi connectivity index (χ3n) is 4.28. The summed E-state index contributed by atoms with van der Waals surface area (Å²) < 4.78 is 30.0. The number of halogens is 3. The van der Waals surface area contributed by atoms with Gasteiger partial charge in [0.25, 0.3) is 0 Å². The van der Waals surface area contributed by atoms with Crippen LogP contribution in [0.1, 0.15) is 6.92 Å². The van der Waals surface area contributed by atoms with Crippen LogP contribution in [0.5, 0.6) is 11.5 Å². The fourth-order valence-electron chi connectivity index (χ4n) is 2.90. The summed E-state index contributed by atoms with van der Waals surface area (Å²) in [6, 6.07) is 14.9. The molecule has 0 aliphatic rings. The van der Waals surface area contributed by atoms with E-state index < -0.39 is 6.61 Å². The molecule has 2 aromatic carbocycles. The van der Waals surface area contributed by atoms with Crippen molar-refractivity contribution in [3.05, 3.63) is 59.1 Å². The topological polar surface area (TPSA) is 83.5 Å². The Balaban J connectivity index is 1.96. The summed E-state index contributed by atoms with van der Waals surface area (Å²) in [5.74, 6) is 0.531. The maximum Gasteiger partial charge on any atom is 0.387 e. The predicted octanol–water partition coefficient (Wildman–Crippen LogP) is 5.03. The molecule has 162 valence electrons.